The zero-order valence-electron chi connectivity index (χ0n) is 12.1. The second-order valence-electron chi connectivity index (χ2n) is 6.01. The summed E-state index contributed by atoms with van der Waals surface area (Å²) >= 11 is 0. The van der Waals surface area contributed by atoms with Crippen LogP contribution in [0.3, 0.4) is 0 Å². The molecular weight excluding hydrogens is 282 g/mol. The van der Waals surface area contributed by atoms with E-state index in [1.54, 1.807) is 6.92 Å². The van der Waals surface area contributed by atoms with Gasteiger partial charge in [0.25, 0.3) is 0 Å². The highest BCUT2D eigenvalue weighted by Crippen LogP contribution is 2.24. The molecule has 20 heavy (non-hydrogen) atoms. The first kappa shape index (κ1) is 16.6. The van der Waals surface area contributed by atoms with E-state index in [-0.39, 0.29) is 16.9 Å². The van der Waals surface area contributed by atoms with Gasteiger partial charge < -0.3 is 5.11 Å². The van der Waals surface area contributed by atoms with E-state index in [4.69, 9.17) is 5.11 Å². The molecule has 3 N–H and O–H groups in total. The summed E-state index contributed by atoms with van der Waals surface area (Å²) in [6, 6.07) is 0. The zero-order chi connectivity index (χ0) is 15.6. The molecule has 0 saturated carbocycles. The third-order valence-electron chi connectivity index (χ3n) is 2.80. The van der Waals surface area contributed by atoms with Crippen LogP contribution in [0.25, 0.3) is 0 Å². The van der Waals surface area contributed by atoms with Gasteiger partial charge in [-0.15, -0.1) is 0 Å². The number of aromatic nitrogens is 2. The lowest BCUT2D eigenvalue weighted by atomic mass is 9.85. The molecule has 0 amide bonds. The quantitative estimate of drug-likeness (QED) is 0.729. The number of aliphatic carboxylic acids is 1. The first-order valence-corrected chi connectivity index (χ1v) is 7.74. The van der Waals surface area contributed by atoms with E-state index in [2.05, 4.69) is 14.9 Å². The van der Waals surface area contributed by atoms with Gasteiger partial charge in [0.1, 0.15) is 4.90 Å². The van der Waals surface area contributed by atoms with Crippen LogP contribution >= 0.6 is 0 Å². The maximum Gasteiger partial charge on any atom is 0.307 e. The van der Waals surface area contributed by atoms with Crippen LogP contribution in [0.1, 0.15) is 32.9 Å². The Morgan fingerprint density at radius 2 is 2.10 bits per heavy atom. The van der Waals surface area contributed by atoms with Crippen LogP contribution in [0.5, 0.6) is 0 Å². The van der Waals surface area contributed by atoms with Gasteiger partial charge in [-0.2, -0.15) is 5.10 Å². The molecule has 1 aromatic heterocycles. The van der Waals surface area contributed by atoms with Crippen LogP contribution < -0.4 is 4.72 Å². The molecule has 1 heterocycles. The van der Waals surface area contributed by atoms with Crippen molar-refractivity contribution < 1.29 is 18.3 Å². The topological polar surface area (TPSA) is 112 Å². The number of H-pyrrole nitrogens is 1. The number of hydrogen-bond donors (Lipinski definition) is 3. The third kappa shape index (κ3) is 4.61. The lowest BCUT2D eigenvalue weighted by Gasteiger charge is -2.23. The van der Waals surface area contributed by atoms with Crippen molar-refractivity contribution in [1.82, 2.24) is 14.9 Å². The number of nitrogens with zero attached hydrogens (tertiary/aromatic N) is 1. The monoisotopic (exact) mass is 303 g/mol. The average Bonchev–Trinajstić information content (AvgIpc) is 2.69. The minimum atomic E-state index is -3.74. The van der Waals surface area contributed by atoms with Gasteiger partial charge in [-0.1, -0.05) is 20.8 Å². The molecule has 0 radical (unpaired) electrons. The number of carbonyl (C=O) groups is 1. The van der Waals surface area contributed by atoms with E-state index in [1.165, 1.54) is 6.20 Å². The molecule has 0 spiro atoms. The third-order valence-corrected chi connectivity index (χ3v) is 4.34. The van der Waals surface area contributed by atoms with Crippen LogP contribution in [0.4, 0.5) is 0 Å². The Hall–Kier alpha value is -1.41. The van der Waals surface area contributed by atoms with E-state index in [0.717, 1.165) is 0 Å². The Labute approximate surface area is 118 Å². The van der Waals surface area contributed by atoms with Gasteiger partial charge in [0.15, 0.2) is 0 Å². The highest BCUT2D eigenvalue weighted by atomic mass is 32.2. The van der Waals surface area contributed by atoms with Crippen LogP contribution in [0.2, 0.25) is 0 Å². The lowest BCUT2D eigenvalue weighted by Crippen LogP contribution is -2.35. The highest BCUT2D eigenvalue weighted by Gasteiger charge is 2.27. The second-order valence-corrected chi connectivity index (χ2v) is 7.75. The Morgan fingerprint density at radius 1 is 1.50 bits per heavy atom. The van der Waals surface area contributed by atoms with Crippen molar-refractivity contribution in [1.29, 1.82) is 0 Å². The molecule has 0 bridgehead atoms. The van der Waals surface area contributed by atoms with Crippen molar-refractivity contribution in [2.45, 2.75) is 39.0 Å². The van der Waals surface area contributed by atoms with Crippen LogP contribution in [0.15, 0.2) is 11.1 Å². The smallest absolute Gasteiger partial charge is 0.307 e. The number of sulfonamides is 1. The maximum atomic E-state index is 12.0. The first-order valence-electron chi connectivity index (χ1n) is 6.25. The molecule has 1 aromatic rings. The van der Waals surface area contributed by atoms with Gasteiger partial charge in [0.05, 0.1) is 17.8 Å². The fourth-order valence-electron chi connectivity index (χ4n) is 1.88. The van der Waals surface area contributed by atoms with Crippen molar-refractivity contribution in [3.05, 3.63) is 11.9 Å². The van der Waals surface area contributed by atoms with Gasteiger partial charge >= 0.3 is 5.97 Å². The normalized spacial score (nSPS) is 14.2. The molecular formula is C12H21N3O4S. The van der Waals surface area contributed by atoms with Gasteiger partial charge in [0.2, 0.25) is 10.0 Å². The summed E-state index contributed by atoms with van der Waals surface area (Å²) in [5.74, 6) is -1.77. The van der Waals surface area contributed by atoms with Crippen LogP contribution in [-0.2, 0) is 14.8 Å². The van der Waals surface area contributed by atoms with E-state index in [1.807, 2.05) is 20.8 Å². The number of aromatic amines is 1. The van der Waals surface area contributed by atoms with E-state index in [0.29, 0.717) is 12.1 Å². The Balaban J connectivity index is 2.78. The average molecular weight is 303 g/mol. The van der Waals surface area contributed by atoms with Crippen LogP contribution in [-0.4, -0.2) is 36.2 Å². The maximum absolute atomic E-state index is 12.0. The Bertz CT molecular complexity index is 572. The van der Waals surface area contributed by atoms with Crippen molar-refractivity contribution in [2.24, 2.45) is 11.3 Å². The molecule has 114 valence electrons. The second kappa shape index (κ2) is 5.92. The first-order chi connectivity index (χ1) is 9.03. The molecule has 0 aliphatic carbocycles. The predicted molar refractivity (Wildman–Crippen MR) is 73.7 cm³/mol. The predicted octanol–water partition coefficient (Wildman–Crippen LogP) is 1.13. The number of hydrogen-bond acceptors (Lipinski definition) is 4. The Kier molecular flexibility index (Phi) is 4.93. The van der Waals surface area contributed by atoms with Crippen molar-refractivity contribution >= 4 is 16.0 Å². The van der Waals surface area contributed by atoms with E-state index in [9.17, 15) is 13.2 Å². The van der Waals surface area contributed by atoms with Gasteiger partial charge in [-0.05, 0) is 18.8 Å². The molecule has 0 saturated heterocycles. The fourth-order valence-corrected chi connectivity index (χ4v) is 3.10. The molecule has 0 aliphatic rings. The van der Waals surface area contributed by atoms with Gasteiger partial charge in [0, 0.05) is 6.54 Å². The lowest BCUT2D eigenvalue weighted by molar-refractivity contribution is -0.142. The van der Waals surface area contributed by atoms with Crippen molar-refractivity contribution in [3.8, 4) is 0 Å². The summed E-state index contributed by atoms with van der Waals surface area (Å²) in [6.07, 6.45) is 1.59. The van der Waals surface area contributed by atoms with Crippen LogP contribution in [0, 0.1) is 18.3 Å². The highest BCUT2D eigenvalue weighted by molar-refractivity contribution is 7.89. The fraction of sp³-hybridized carbons (Fsp3) is 0.667. The van der Waals surface area contributed by atoms with Crippen molar-refractivity contribution in [2.75, 3.05) is 6.54 Å². The largest absolute Gasteiger partial charge is 0.481 e. The summed E-state index contributed by atoms with van der Waals surface area (Å²) in [6.45, 7) is 7.19. The summed E-state index contributed by atoms with van der Waals surface area (Å²) in [5, 5.41) is 15.4. The summed E-state index contributed by atoms with van der Waals surface area (Å²) in [7, 11) is -3.74. The molecule has 0 aliphatic heterocycles. The molecule has 1 atom stereocenters. The van der Waals surface area contributed by atoms with Gasteiger partial charge in [-0.3, -0.25) is 9.89 Å². The standard InChI is InChI=1S/C12H21N3O4S/c1-8-10(7-13-15-8)20(18,19)14-6-9(11(16)17)5-12(2,3)4/h7,9,14H,5-6H2,1-4H3,(H,13,15)(H,16,17). The number of nitrogens with one attached hydrogen (secondary N) is 2. The van der Waals surface area contributed by atoms with Gasteiger partial charge in [-0.25, -0.2) is 13.1 Å². The molecule has 8 heteroatoms. The van der Waals surface area contributed by atoms with E-state index < -0.39 is 21.9 Å². The summed E-state index contributed by atoms with van der Waals surface area (Å²) < 4.78 is 26.4. The molecule has 7 nitrogen and oxygen atoms in total. The van der Waals surface area contributed by atoms with Crippen molar-refractivity contribution in [3.63, 3.8) is 0 Å². The number of aryl methyl sites for hydroxylation is 1. The minimum Gasteiger partial charge on any atom is -0.481 e. The summed E-state index contributed by atoms with van der Waals surface area (Å²) in [4.78, 5) is 11.2. The molecule has 1 rings (SSSR count). The zero-order valence-corrected chi connectivity index (χ0v) is 12.9. The SMILES string of the molecule is Cc1[nH]ncc1S(=O)(=O)NCC(CC(C)(C)C)C(=O)O. The van der Waals surface area contributed by atoms with E-state index >= 15 is 0 Å². The molecule has 0 aromatic carbocycles. The number of rotatable bonds is 6. The summed E-state index contributed by atoms with van der Waals surface area (Å²) in [5.41, 5.74) is 0.222. The molecule has 0 fully saturated rings. The molecule has 1 unspecified atom stereocenters. The number of carboxylic acid groups (broad SMARTS) is 1. The number of carboxylic acids is 1. The minimum absolute atomic E-state index is 0.0393. The Morgan fingerprint density at radius 3 is 2.50 bits per heavy atom.